The molecule has 7 nitrogen and oxygen atoms in total. The zero-order chi connectivity index (χ0) is 20.4. The van der Waals surface area contributed by atoms with Gasteiger partial charge in [0.15, 0.2) is 0 Å². The molecule has 0 amide bonds. The summed E-state index contributed by atoms with van der Waals surface area (Å²) in [6, 6.07) is 0. The van der Waals surface area contributed by atoms with Crippen LogP contribution in [0, 0.1) is 0 Å². The number of H-pyrrole nitrogens is 1. The average molecular weight is 407 g/mol. The minimum absolute atomic E-state index is 0.0289. The number of aromatic amines is 1. The molecule has 27 heavy (non-hydrogen) atoms. The summed E-state index contributed by atoms with van der Waals surface area (Å²) in [5, 5.41) is 8.83. The largest absolute Gasteiger partial charge is 0.397 e. The Morgan fingerprint density at radius 2 is 1.52 bits per heavy atom. The van der Waals surface area contributed by atoms with Crippen LogP contribution >= 0.6 is 0 Å². The van der Waals surface area contributed by atoms with Crippen molar-refractivity contribution in [3.63, 3.8) is 0 Å². The van der Waals surface area contributed by atoms with E-state index in [4.69, 9.17) is 9.66 Å². The lowest BCUT2D eigenvalue weighted by Gasteiger charge is -2.01. The molecule has 0 aliphatic carbocycles. The number of rotatable bonds is 15. The van der Waals surface area contributed by atoms with Crippen LogP contribution in [0.2, 0.25) is 0 Å². The lowest BCUT2D eigenvalue weighted by molar-refractivity contribution is 0.283. The smallest absolute Gasteiger partial charge is 0.396 e. The van der Waals surface area contributed by atoms with Gasteiger partial charge in [-0.1, -0.05) is 64.7 Å². The molecule has 0 radical (unpaired) electrons. The first-order chi connectivity index (χ1) is 12.9. The molecule has 1 aromatic rings. The number of hydrogen-bond acceptors (Lipinski definition) is 5. The van der Waals surface area contributed by atoms with E-state index >= 15 is 0 Å². The van der Waals surface area contributed by atoms with Gasteiger partial charge in [-0.15, -0.1) is 0 Å². The van der Waals surface area contributed by atoms with Crippen LogP contribution in [0.15, 0.2) is 6.20 Å². The summed E-state index contributed by atoms with van der Waals surface area (Å²) in [6.45, 7) is 3.88. The molecule has 0 aliphatic heterocycles. The van der Waals surface area contributed by atoms with Gasteiger partial charge in [-0.3, -0.25) is 4.55 Å². The van der Waals surface area contributed by atoms with E-state index in [1.54, 1.807) is 0 Å². The number of imidazole rings is 1. The number of nitrogens with one attached hydrogen (secondary N) is 1. The fourth-order valence-corrected chi connectivity index (χ4v) is 3.01. The Kier molecular flexibility index (Phi) is 16.5. The Morgan fingerprint density at radius 1 is 0.963 bits per heavy atom. The summed E-state index contributed by atoms with van der Waals surface area (Å²) in [5.74, 6) is 0.912. The first-order valence-electron chi connectivity index (χ1n) is 10.2. The number of hydrogen-bond donors (Lipinski definition) is 3. The predicted molar refractivity (Wildman–Crippen MR) is 108 cm³/mol. The Balaban J connectivity index is 0.000000821. The molecule has 0 atom stereocenters. The highest BCUT2D eigenvalue weighted by Crippen LogP contribution is 2.12. The second-order valence-electron chi connectivity index (χ2n) is 6.58. The van der Waals surface area contributed by atoms with E-state index < -0.39 is 10.4 Å². The SMILES string of the molecule is CCCCCCCCCCCCc1c[nH]c(CCO)n1.CCOS(=O)(=O)O. The fraction of sp³-hybridized carbons (Fsp3) is 0.842. The van der Waals surface area contributed by atoms with Crippen LogP contribution < -0.4 is 0 Å². The standard InChI is InChI=1S/C17H32N2O.C2H6O4S/c1-2-3-4-5-6-7-8-9-10-11-12-16-15-18-17(19-16)13-14-20;1-2-6-7(3,4)5/h15,20H,2-14H2,1H3,(H,18,19);2H2,1H3,(H,3,4,5). The molecule has 1 rings (SSSR count). The van der Waals surface area contributed by atoms with Crippen molar-refractivity contribution >= 4 is 10.4 Å². The lowest BCUT2D eigenvalue weighted by Crippen LogP contribution is -2.01. The molecule has 0 aliphatic rings. The maximum absolute atomic E-state index is 9.56. The summed E-state index contributed by atoms with van der Waals surface area (Å²) in [5.41, 5.74) is 1.15. The van der Waals surface area contributed by atoms with Crippen LogP contribution in [0.5, 0.6) is 0 Å². The van der Waals surface area contributed by atoms with Crippen LogP contribution in [-0.2, 0) is 27.4 Å². The van der Waals surface area contributed by atoms with Crippen molar-refractivity contribution in [1.82, 2.24) is 9.97 Å². The molecule has 0 saturated carbocycles. The van der Waals surface area contributed by atoms with Crippen molar-refractivity contribution in [1.29, 1.82) is 0 Å². The molecular formula is C19H38N2O5S. The normalized spacial score (nSPS) is 11.3. The first-order valence-corrected chi connectivity index (χ1v) is 11.5. The average Bonchev–Trinajstić information content (AvgIpc) is 3.04. The van der Waals surface area contributed by atoms with E-state index in [9.17, 15) is 8.42 Å². The molecular weight excluding hydrogens is 368 g/mol. The second-order valence-corrected chi connectivity index (χ2v) is 7.67. The Morgan fingerprint density at radius 3 is 1.96 bits per heavy atom. The van der Waals surface area contributed by atoms with Gasteiger partial charge in [0, 0.05) is 12.6 Å². The van der Waals surface area contributed by atoms with Gasteiger partial charge in [-0.2, -0.15) is 8.42 Å². The van der Waals surface area contributed by atoms with E-state index in [-0.39, 0.29) is 13.2 Å². The molecule has 3 N–H and O–H groups in total. The van der Waals surface area contributed by atoms with Crippen LogP contribution in [0.25, 0.3) is 0 Å². The van der Waals surface area contributed by atoms with Gasteiger partial charge in [0.2, 0.25) is 0 Å². The summed E-state index contributed by atoms with van der Waals surface area (Å²) in [7, 11) is -4.17. The van der Waals surface area contributed by atoms with E-state index in [1.807, 2.05) is 6.20 Å². The third-order valence-electron chi connectivity index (χ3n) is 4.09. The van der Waals surface area contributed by atoms with Crippen LogP contribution in [0.1, 0.15) is 89.6 Å². The number of aliphatic hydroxyl groups is 1. The molecule has 0 unspecified atom stereocenters. The minimum atomic E-state index is -4.17. The Bertz CT molecular complexity index is 546. The number of unbranched alkanes of at least 4 members (excludes halogenated alkanes) is 9. The molecule has 1 aromatic heterocycles. The van der Waals surface area contributed by atoms with Crippen molar-refractivity contribution in [3.05, 3.63) is 17.7 Å². The first kappa shape index (κ1) is 26.0. The molecule has 8 heteroatoms. The highest BCUT2D eigenvalue weighted by molar-refractivity contribution is 7.80. The summed E-state index contributed by atoms with van der Waals surface area (Å²) in [4.78, 5) is 7.58. The number of aryl methyl sites for hydroxylation is 1. The fourth-order valence-electron chi connectivity index (χ4n) is 2.71. The van der Waals surface area contributed by atoms with Crippen molar-refractivity contribution in [2.45, 2.75) is 90.9 Å². The lowest BCUT2D eigenvalue weighted by atomic mass is 10.1. The van der Waals surface area contributed by atoms with E-state index in [1.165, 1.54) is 71.1 Å². The van der Waals surface area contributed by atoms with E-state index in [2.05, 4.69) is 21.1 Å². The van der Waals surface area contributed by atoms with Gasteiger partial charge in [-0.25, -0.2) is 9.17 Å². The van der Waals surface area contributed by atoms with Gasteiger partial charge >= 0.3 is 10.4 Å². The van der Waals surface area contributed by atoms with Gasteiger partial charge in [0.25, 0.3) is 0 Å². The van der Waals surface area contributed by atoms with E-state index in [0.29, 0.717) is 6.42 Å². The summed E-state index contributed by atoms with van der Waals surface area (Å²) >= 11 is 0. The molecule has 1 heterocycles. The van der Waals surface area contributed by atoms with Gasteiger partial charge in [-0.05, 0) is 19.8 Å². The molecule has 0 fully saturated rings. The second kappa shape index (κ2) is 17.2. The van der Waals surface area contributed by atoms with Gasteiger partial charge in [0.1, 0.15) is 5.82 Å². The molecule has 0 saturated heterocycles. The number of nitrogens with zero attached hydrogens (tertiary/aromatic N) is 1. The van der Waals surface area contributed by atoms with Crippen LogP contribution in [-0.4, -0.2) is 41.3 Å². The monoisotopic (exact) mass is 406 g/mol. The highest BCUT2D eigenvalue weighted by atomic mass is 32.3. The third-order valence-corrected chi connectivity index (χ3v) is 4.62. The quantitative estimate of drug-likeness (QED) is 0.297. The Labute approximate surface area is 164 Å². The van der Waals surface area contributed by atoms with Gasteiger partial charge in [0.05, 0.1) is 18.9 Å². The van der Waals surface area contributed by atoms with Crippen molar-refractivity contribution in [2.24, 2.45) is 0 Å². The maximum atomic E-state index is 9.56. The van der Waals surface area contributed by atoms with Crippen LogP contribution in [0.3, 0.4) is 0 Å². The molecule has 0 spiro atoms. The van der Waals surface area contributed by atoms with Crippen molar-refractivity contribution < 1.29 is 22.3 Å². The summed E-state index contributed by atoms with van der Waals surface area (Å²) in [6.07, 6.45) is 17.4. The van der Waals surface area contributed by atoms with Gasteiger partial charge < -0.3 is 10.1 Å². The minimum Gasteiger partial charge on any atom is -0.396 e. The predicted octanol–water partition coefficient (Wildman–Crippen LogP) is 4.23. The number of aliphatic hydroxyl groups excluding tert-OH is 1. The summed E-state index contributed by atoms with van der Waals surface area (Å²) < 4.78 is 30.7. The molecule has 0 bridgehead atoms. The third kappa shape index (κ3) is 18.2. The van der Waals surface area contributed by atoms with E-state index in [0.717, 1.165) is 17.9 Å². The topological polar surface area (TPSA) is 113 Å². The zero-order valence-electron chi connectivity index (χ0n) is 17.0. The maximum Gasteiger partial charge on any atom is 0.397 e. The van der Waals surface area contributed by atoms with Crippen molar-refractivity contribution in [2.75, 3.05) is 13.2 Å². The van der Waals surface area contributed by atoms with Crippen LogP contribution in [0.4, 0.5) is 0 Å². The highest BCUT2D eigenvalue weighted by Gasteiger charge is 2.01. The van der Waals surface area contributed by atoms with Crippen molar-refractivity contribution in [3.8, 4) is 0 Å². The molecule has 0 aromatic carbocycles. The zero-order valence-corrected chi connectivity index (χ0v) is 17.8. The molecule has 160 valence electrons. The number of aromatic nitrogens is 2. The Hall–Kier alpha value is -0.960.